The summed E-state index contributed by atoms with van der Waals surface area (Å²) >= 11 is 5.93. The smallest absolute Gasteiger partial charge is 0.228 e. The molecule has 3 rings (SSSR count). The highest BCUT2D eigenvalue weighted by Crippen LogP contribution is 2.32. The molecule has 130 valence electrons. The van der Waals surface area contributed by atoms with Crippen LogP contribution in [0.15, 0.2) is 39.9 Å². The van der Waals surface area contributed by atoms with Gasteiger partial charge in [-0.2, -0.15) is 10.4 Å². The van der Waals surface area contributed by atoms with Gasteiger partial charge in [-0.1, -0.05) is 11.6 Å². The average molecular weight is 375 g/mol. The number of nitriles is 1. The molecule has 1 heterocycles. The zero-order chi connectivity index (χ0) is 18.8. The van der Waals surface area contributed by atoms with Gasteiger partial charge in [0.1, 0.15) is 11.6 Å². The van der Waals surface area contributed by atoms with Crippen molar-refractivity contribution in [2.75, 3.05) is 5.43 Å². The summed E-state index contributed by atoms with van der Waals surface area (Å²) in [6.07, 6.45) is 0. The van der Waals surface area contributed by atoms with Gasteiger partial charge < -0.3 is 10.2 Å². The van der Waals surface area contributed by atoms with Gasteiger partial charge >= 0.3 is 0 Å². The van der Waals surface area contributed by atoms with Crippen LogP contribution in [0.4, 0.5) is 14.5 Å². The van der Waals surface area contributed by atoms with Gasteiger partial charge in [0.05, 0.1) is 16.3 Å². The summed E-state index contributed by atoms with van der Waals surface area (Å²) < 4.78 is 32.2. The Labute approximate surface area is 150 Å². The van der Waals surface area contributed by atoms with E-state index in [0.717, 1.165) is 12.1 Å². The first-order valence-corrected chi connectivity index (χ1v) is 7.40. The van der Waals surface area contributed by atoms with Gasteiger partial charge in [-0.15, -0.1) is 0 Å². The van der Waals surface area contributed by atoms with E-state index in [-0.39, 0.29) is 22.2 Å². The van der Waals surface area contributed by atoms with E-state index in [1.54, 1.807) is 24.3 Å². The summed E-state index contributed by atoms with van der Waals surface area (Å²) in [7, 11) is 0. The van der Waals surface area contributed by atoms with E-state index in [0.29, 0.717) is 16.8 Å². The van der Waals surface area contributed by atoms with Gasteiger partial charge in [0.25, 0.3) is 0 Å². The van der Waals surface area contributed by atoms with Gasteiger partial charge in [0.2, 0.25) is 11.6 Å². The molecule has 0 amide bonds. The number of rotatable bonds is 4. The summed E-state index contributed by atoms with van der Waals surface area (Å²) in [4.78, 5) is 4.20. The Morgan fingerprint density at radius 3 is 2.73 bits per heavy atom. The number of aromatic nitrogens is 1. The normalized spacial score (nSPS) is 11.4. The van der Waals surface area contributed by atoms with Crippen molar-refractivity contribution in [2.45, 2.75) is 0 Å². The first kappa shape index (κ1) is 17.3. The van der Waals surface area contributed by atoms with E-state index in [1.807, 2.05) is 0 Å². The van der Waals surface area contributed by atoms with Crippen LogP contribution < -0.4 is 11.2 Å². The minimum Gasteiger partial charge on any atom is -0.436 e. The maximum atomic E-state index is 13.5. The Morgan fingerprint density at radius 1 is 1.31 bits per heavy atom. The van der Waals surface area contributed by atoms with Crippen LogP contribution >= 0.6 is 11.6 Å². The third-order valence-corrected chi connectivity index (χ3v) is 3.60. The standard InChI is InChI=1S/C16H9ClF2N6O/c17-9-5-11(19)10(18)4-8(9)16-23-12-3-7(1-2-14(12)26-16)24-25-13(6-20)15(21)22/h1-5,24H,(H3,21,22)/b25-13+. The molecule has 0 spiro atoms. The Morgan fingerprint density at radius 2 is 2.04 bits per heavy atom. The molecule has 3 aromatic rings. The Kier molecular flexibility index (Phi) is 4.51. The van der Waals surface area contributed by atoms with Crippen molar-refractivity contribution < 1.29 is 13.2 Å². The number of hydrogen-bond acceptors (Lipinski definition) is 6. The van der Waals surface area contributed by atoms with Gasteiger partial charge in [-0.3, -0.25) is 10.8 Å². The highest BCUT2D eigenvalue weighted by atomic mass is 35.5. The number of nitrogens with zero attached hydrogens (tertiary/aromatic N) is 3. The molecule has 0 atom stereocenters. The quantitative estimate of drug-likeness (QED) is 0.278. The lowest BCUT2D eigenvalue weighted by atomic mass is 10.2. The number of oxazole rings is 1. The number of anilines is 1. The van der Waals surface area contributed by atoms with E-state index < -0.39 is 17.5 Å². The van der Waals surface area contributed by atoms with Crippen LogP contribution in [0.3, 0.4) is 0 Å². The number of hydrazone groups is 1. The van der Waals surface area contributed by atoms with Crippen LogP contribution in [0.2, 0.25) is 5.02 Å². The molecule has 0 fully saturated rings. The molecular weight excluding hydrogens is 366 g/mol. The third-order valence-electron chi connectivity index (χ3n) is 3.29. The topological polar surface area (TPSA) is 124 Å². The summed E-state index contributed by atoms with van der Waals surface area (Å²) in [6.45, 7) is 0. The third kappa shape index (κ3) is 3.31. The van der Waals surface area contributed by atoms with Crippen molar-refractivity contribution in [1.29, 1.82) is 10.7 Å². The molecule has 7 nitrogen and oxygen atoms in total. The number of fused-ring (bicyclic) bond motifs is 1. The Bertz CT molecular complexity index is 1100. The lowest BCUT2D eigenvalue weighted by Crippen LogP contribution is -2.21. The first-order chi connectivity index (χ1) is 12.4. The lowest BCUT2D eigenvalue weighted by Gasteiger charge is -2.00. The zero-order valence-electron chi connectivity index (χ0n) is 12.8. The van der Waals surface area contributed by atoms with Crippen LogP contribution in [-0.4, -0.2) is 16.5 Å². The van der Waals surface area contributed by atoms with Crippen LogP contribution in [0.1, 0.15) is 0 Å². The fourth-order valence-corrected chi connectivity index (χ4v) is 2.30. The molecule has 0 unspecified atom stereocenters. The minimum absolute atomic E-state index is 0.0194. The number of halogens is 3. The summed E-state index contributed by atoms with van der Waals surface area (Å²) in [5, 5.41) is 19.7. The number of benzene rings is 2. The van der Waals surface area contributed by atoms with Crippen molar-refractivity contribution in [3.63, 3.8) is 0 Å². The molecule has 4 N–H and O–H groups in total. The Hall–Kier alpha value is -3.51. The van der Waals surface area contributed by atoms with Gasteiger partial charge in [-0.25, -0.2) is 13.8 Å². The highest BCUT2D eigenvalue weighted by molar-refractivity contribution is 6.45. The lowest BCUT2D eigenvalue weighted by molar-refractivity contribution is 0.508. The van der Waals surface area contributed by atoms with Crippen molar-refractivity contribution >= 4 is 39.9 Å². The molecule has 0 radical (unpaired) electrons. The number of hydrogen-bond donors (Lipinski definition) is 3. The van der Waals surface area contributed by atoms with E-state index in [9.17, 15) is 8.78 Å². The van der Waals surface area contributed by atoms with Gasteiger partial charge in [0, 0.05) is 0 Å². The van der Waals surface area contributed by atoms with Gasteiger partial charge in [0.15, 0.2) is 23.1 Å². The van der Waals surface area contributed by atoms with E-state index in [4.69, 9.17) is 32.4 Å². The maximum absolute atomic E-state index is 13.5. The predicted octanol–water partition coefficient (Wildman–Crippen LogP) is 3.65. The molecule has 10 heteroatoms. The van der Waals surface area contributed by atoms with Gasteiger partial charge in [-0.05, 0) is 30.3 Å². The largest absolute Gasteiger partial charge is 0.436 e. The van der Waals surface area contributed by atoms with Crippen LogP contribution in [0.5, 0.6) is 0 Å². The number of nitrogens with two attached hydrogens (primary N) is 1. The number of amidine groups is 1. The average Bonchev–Trinajstić information content (AvgIpc) is 3.01. The minimum atomic E-state index is -1.07. The molecule has 2 aromatic carbocycles. The summed E-state index contributed by atoms with van der Waals surface area (Å²) in [6, 6.07) is 8.12. The van der Waals surface area contributed by atoms with Crippen molar-refractivity contribution in [3.05, 3.63) is 47.0 Å². The SMILES string of the molecule is N#C/C(=N\Nc1ccc2oc(-c3cc(F)c(F)cc3Cl)nc2c1)C(=N)N. The molecule has 0 aliphatic rings. The first-order valence-electron chi connectivity index (χ1n) is 7.02. The molecule has 26 heavy (non-hydrogen) atoms. The molecule has 0 saturated heterocycles. The number of nitrogens with one attached hydrogen (secondary N) is 2. The summed E-state index contributed by atoms with van der Waals surface area (Å²) in [5.41, 5.74) is 8.82. The molecule has 0 bridgehead atoms. The monoisotopic (exact) mass is 374 g/mol. The molecule has 1 aromatic heterocycles. The van der Waals surface area contributed by atoms with Crippen LogP contribution in [0, 0.1) is 28.4 Å². The molecule has 0 saturated carbocycles. The maximum Gasteiger partial charge on any atom is 0.228 e. The molecular formula is C16H9ClF2N6O. The fraction of sp³-hybridized carbons (Fsp3) is 0. The second kappa shape index (κ2) is 6.78. The summed E-state index contributed by atoms with van der Waals surface area (Å²) in [5.74, 6) is -2.60. The van der Waals surface area contributed by atoms with E-state index >= 15 is 0 Å². The fourth-order valence-electron chi connectivity index (χ4n) is 2.06. The van der Waals surface area contributed by atoms with Crippen LogP contribution in [-0.2, 0) is 0 Å². The molecule has 0 aliphatic heterocycles. The second-order valence-electron chi connectivity index (χ2n) is 5.05. The predicted molar refractivity (Wildman–Crippen MR) is 93.0 cm³/mol. The highest BCUT2D eigenvalue weighted by Gasteiger charge is 2.16. The van der Waals surface area contributed by atoms with Crippen LogP contribution in [0.25, 0.3) is 22.6 Å². The zero-order valence-corrected chi connectivity index (χ0v) is 13.6. The second-order valence-corrected chi connectivity index (χ2v) is 5.45. The van der Waals surface area contributed by atoms with Crippen molar-refractivity contribution in [1.82, 2.24) is 4.98 Å². The van der Waals surface area contributed by atoms with Crippen molar-refractivity contribution in [2.24, 2.45) is 10.8 Å². The Balaban J connectivity index is 1.97. The molecule has 0 aliphatic carbocycles. The van der Waals surface area contributed by atoms with E-state index in [2.05, 4.69) is 15.5 Å². The van der Waals surface area contributed by atoms with Crippen molar-refractivity contribution in [3.8, 4) is 17.5 Å². The van der Waals surface area contributed by atoms with E-state index in [1.165, 1.54) is 0 Å².